The fourth-order valence-electron chi connectivity index (χ4n) is 2.59. The topological polar surface area (TPSA) is 12.0 Å². The maximum Gasteiger partial charge on any atom is 0.127 e. The van der Waals surface area contributed by atoms with E-state index in [0.29, 0.717) is 23.0 Å². The third-order valence-corrected chi connectivity index (χ3v) is 4.21. The average molecular weight is 314 g/mol. The van der Waals surface area contributed by atoms with Gasteiger partial charge in [-0.05, 0) is 37.9 Å². The Hall–Kier alpha value is -0.600. The van der Waals surface area contributed by atoms with Gasteiger partial charge < -0.3 is 5.32 Å². The highest BCUT2D eigenvalue weighted by Crippen LogP contribution is 2.22. The zero-order valence-electron chi connectivity index (χ0n) is 13.4. The molecule has 0 saturated carbocycles. The second-order valence-electron chi connectivity index (χ2n) is 5.76. The molecule has 1 rings (SSSR count). The zero-order valence-corrected chi connectivity index (χ0v) is 14.2. The minimum absolute atomic E-state index is 0.184. The Bertz CT molecular complexity index is 375. The molecule has 0 amide bonds. The van der Waals surface area contributed by atoms with Crippen LogP contribution in [0.5, 0.6) is 0 Å². The number of rotatable bonds is 11. The van der Waals surface area contributed by atoms with Gasteiger partial charge in [0.1, 0.15) is 5.82 Å². The monoisotopic (exact) mass is 313 g/mol. The Morgan fingerprint density at radius 1 is 1.10 bits per heavy atom. The zero-order chi connectivity index (χ0) is 15.5. The van der Waals surface area contributed by atoms with Crippen molar-refractivity contribution < 1.29 is 4.39 Å². The quantitative estimate of drug-likeness (QED) is 0.513. The Morgan fingerprint density at radius 2 is 1.86 bits per heavy atom. The van der Waals surface area contributed by atoms with Crippen molar-refractivity contribution in [2.24, 2.45) is 0 Å². The van der Waals surface area contributed by atoms with Crippen LogP contribution >= 0.6 is 11.6 Å². The standard InChI is InChI=1S/C18H29ClFN/c1-3-5-6-7-8-10-15(21-13-4-2)14-16-17(19)11-9-12-18(16)20/h9,11-12,15,21H,3-8,10,13-14H2,1-2H3. The van der Waals surface area contributed by atoms with Crippen molar-refractivity contribution in [3.05, 3.63) is 34.6 Å². The van der Waals surface area contributed by atoms with Gasteiger partial charge in [0.2, 0.25) is 0 Å². The Morgan fingerprint density at radius 3 is 2.52 bits per heavy atom. The smallest absolute Gasteiger partial charge is 0.127 e. The first-order chi connectivity index (χ1) is 10.2. The summed E-state index contributed by atoms with van der Waals surface area (Å²) in [6.07, 6.45) is 9.22. The molecule has 0 aliphatic heterocycles. The molecule has 0 heterocycles. The summed E-state index contributed by atoms with van der Waals surface area (Å²) < 4.78 is 13.9. The normalized spacial score (nSPS) is 12.6. The minimum Gasteiger partial charge on any atom is -0.314 e. The van der Waals surface area contributed by atoms with Crippen LogP contribution in [0.3, 0.4) is 0 Å². The van der Waals surface area contributed by atoms with E-state index in [-0.39, 0.29) is 5.82 Å². The number of hydrogen-bond donors (Lipinski definition) is 1. The van der Waals surface area contributed by atoms with Gasteiger partial charge in [-0.2, -0.15) is 0 Å². The molecule has 0 fully saturated rings. The molecule has 120 valence electrons. The van der Waals surface area contributed by atoms with E-state index < -0.39 is 0 Å². The van der Waals surface area contributed by atoms with E-state index in [1.165, 1.54) is 38.2 Å². The Labute approximate surface area is 134 Å². The molecule has 3 heteroatoms. The van der Waals surface area contributed by atoms with Crippen LogP contribution < -0.4 is 5.32 Å². The molecule has 1 aromatic carbocycles. The van der Waals surface area contributed by atoms with Gasteiger partial charge in [0, 0.05) is 16.6 Å². The molecule has 0 bridgehead atoms. The van der Waals surface area contributed by atoms with E-state index in [9.17, 15) is 4.39 Å². The molecule has 0 spiro atoms. The van der Waals surface area contributed by atoms with E-state index in [0.717, 1.165) is 19.4 Å². The predicted octanol–water partition coefficient (Wildman–Crippen LogP) is 5.75. The third kappa shape index (κ3) is 7.28. The van der Waals surface area contributed by atoms with Crippen molar-refractivity contribution in [1.29, 1.82) is 0 Å². The van der Waals surface area contributed by atoms with Crippen molar-refractivity contribution in [3.63, 3.8) is 0 Å². The van der Waals surface area contributed by atoms with Crippen LogP contribution in [0.25, 0.3) is 0 Å². The first kappa shape index (κ1) is 18.4. The molecule has 1 nitrogen and oxygen atoms in total. The lowest BCUT2D eigenvalue weighted by Crippen LogP contribution is -2.32. The largest absolute Gasteiger partial charge is 0.314 e. The first-order valence-corrected chi connectivity index (χ1v) is 8.73. The van der Waals surface area contributed by atoms with Gasteiger partial charge in [-0.3, -0.25) is 0 Å². The highest BCUT2D eigenvalue weighted by molar-refractivity contribution is 6.31. The van der Waals surface area contributed by atoms with E-state index in [1.807, 2.05) is 0 Å². The number of halogens is 2. The summed E-state index contributed by atoms with van der Waals surface area (Å²) in [7, 11) is 0. The lowest BCUT2D eigenvalue weighted by molar-refractivity contribution is 0.444. The van der Waals surface area contributed by atoms with Crippen LogP contribution in [0.1, 0.15) is 64.4 Å². The molecular weight excluding hydrogens is 285 g/mol. The van der Waals surface area contributed by atoms with Crippen LogP contribution in [-0.4, -0.2) is 12.6 Å². The number of nitrogens with one attached hydrogen (secondary N) is 1. The van der Waals surface area contributed by atoms with Gasteiger partial charge in [0.25, 0.3) is 0 Å². The second-order valence-corrected chi connectivity index (χ2v) is 6.17. The lowest BCUT2D eigenvalue weighted by atomic mass is 9.99. The molecule has 0 radical (unpaired) electrons. The van der Waals surface area contributed by atoms with Gasteiger partial charge >= 0.3 is 0 Å². The maximum absolute atomic E-state index is 13.9. The van der Waals surface area contributed by atoms with Gasteiger partial charge in [-0.25, -0.2) is 4.39 Å². The fraction of sp³-hybridized carbons (Fsp3) is 0.667. The van der Waals surface area contributed by atoms with Crippen molar-refractivity contribution in [2.45, 2.75) is 71.3 Å². The highest BCUT2D eigenvalue weighted by atomic mass is 35.5. The second kappa shape index (κ2) is 11.0. The van der Waals surface area contributed by atoms with Crippen molar-refractivity contribution in [3.8, 4) is 0 Å². The molecular formula is C18H29ClFN. The maximum atomic E-state index is 13.9. The number of unbranched alkanes of at least 4 members (excludes halogenated alkanes) is 4. The van der Waals surface area contributed by atoms with Crippen molar-refractivity contribution in [2.75, 3.05) is 6.54 Å². The molecule has 1 aromatic rings. The SMILES string of the molecule is CCCCCCCC(Cc1c(F)cccc1Cl)NCCC. The van der Waals surface area contributed by atoms with Crippen LogP contribution in [0, 0.1) is 5.82 Å². The van der Waals surface area contributed by atoms with Crippen LogP contribution in [0.2, 0.25) is 5.02 Å². The van der Waals surface area contributed by atoms with Crippen LogP contribution in [-0.2, 0) is 6.42 Å². The molecule has 0 saturated heterocycles. The number of hydrogen-bond acceptors (Lipinski definition) is 1. The molecule has 21 heavy (non-hydrogen) atoms. The van der Waals surface area contributed by atoms with Crippen LogP contribution in [0.15, 0.2) is 18.2 Å². The molecule has 0 aliphatic carbocycles. The predicted molar refractivity (Wildman–Crippen MR) is 90.6 cm³/mol. The summed E-state index contributed by atoms with van der Waals surface area (Å²) in [4.78, 5) is 0. The lowest BCUT2D eigenvalue weighted by Gasteiger charge is -2.19. The Kier molecular flexibility index (Phi) is 9.69. The number of benzene rings is 1. The van der Waals surface area contributed by atoms with E-state index in [1.54, 1.807) is 12.1 Å². The molecule has 1 N–H and O–H groups in total. The van der Waals surface area contributed by atoms with E-state index in [2.05, 4.69) is 19.2 Å². The van der Waals surface area contributed by atoms with Gasteiger partial charge in [-0.15, -0.1) is 0 Å². The van der Waals surface area contributed by atoms with Gasteiger partial charge in [0.15, 0.2) is 0 Å². The minimum atomic E-state index is -0.184. The summed E-state index contributed by atoms with van der Waals surface area (Å²) in [6.45, 7) is 5.36. The van der Waals surface area contributed by atoms with Crippen molar-refractivity contribution in [1.82, 2.24) is 5.32 Å². The highest BCUT2D eigenvalue weighted by Gasteiger charge is 2.14. The van der Waals surface area contributed by atoms with E-state index in [4.69, 9.17) is 11.6 Å². The molecule has 1 atom stereocenters. The Balaban J connectivity index is 2.52. The summed E-state index contributed by atoms with van der Waals surface area (Å²) in [5.41, 5.74) is 0.654. The molecule has 1 unspecified atom stereocenters. The first-order valence-electron chi connectivity index (χ1n) is 8.35. The average Bonchev–Trinajstić information content (AvgIpc) is 2.47. The van der Waals surface area contributed by atoms with Gasteiger partial charge in [0.05, 0.1) is 0 Å². The fourth-order valence-corrected chi connectivity index (χ4v) is 2.83. The summed E-state index contributed by atoms with van der Waals surface area (Å²) in [6, 6.07) is 5.26. The van der Waals surface area contributed by atoms with Crippen molar-refractivity contribution >= 4 is 11.6 Å². The van der Waals surface area contributed by atoms with E-state index >= 15 is 0 Å². The van der Waals surface area contributed by atoms with Crippen LogP contribution in [0.4, 0.5) is 4.39 Å². The third-order valence-electron chi connectivity index (χ3n) is 3.85. The van der Waals surface area contributed by atoms with Gasteiger partial charge in [-0.1, -0.05) is 63.6 Å². The molecule has 0 aliphatic rings. The summed E-state index contributed by atoms with van der Waals surface area (Å²) in [5.74, 6) is -0.184. The summed E-state index contributed by atoms with van der Waals surface area (Å²) in [5, 5.41) is 4.08. The molecule has 0 aromatic heterocycles. The summed E-state index contributed by atoms with van der Waals surface area (Å²) >= 11 is 6.14.